The van der Waals surface area contributed by atoms with E-state index in [0.29, 0.717) is 17.9 Å². The lowest BCUT2D eigenvalue weighted by Gasteiger charge is -2.29. The third kappa shape index (κ3) is 7.56. The van der Waals surface area contributed by atoms with Crippen LogP contribution in [0.5, 0.6) is 0 Å². The van der Waals surface area contributed by atoms with Crippen LogP contribution in [0.4, 0.5) is 0 Å². The molecule has 3 nitrogen and oxygen atoms in total. The first kappa shape index (κ1) is 18.4. The molecule has 0 saturated heterocycles. The van der Waals surface area contributed by atoms with Gasteiger partial charge in [0.1, 0.15) is 0 Å². The van der Waals surface area contributed by atoms with Crippen molar-refractivity contribution < 1.29 is 4.79 Å². The third-order valence-corrected chi connectivity index (χ3v) is 3.76. The van der Waals surface area contributed by atoms with Crippen molar-refractivity contribution >= 4 is 5.91 Å². The molecule has 0 heterocycles. The van der Waals surface area contributed by atoms with Gasteiger partial charge in [-0.1, -0.05) is 41.0 Å². The van der Waals surface area contributed by atoms with Gasteiger partial charge >= 0.3 is 0 Å². The van der Waals surface area contributed by atoms with E-state index in [0.717, 1.165) is 19.3 Å². The average molecular weight is 270 g/mol. The van der Waals surface area contributed by atoms with E-state index in [9.17, 15) is 4.79 Å². The highest BCUT2D eigenvalue weighted by atomic mass is 16.2. The van der Waals surface area contributed by atoms with Crippen molar-refractivity contribution in [1.82, 2.24) is 10.2 Å². The van der Waals surface area contributed by atoms with Crippen LogP contribution in [0.15, 0.2) is 0 Å². The van der Waals surface area contributed by atoms with Gasteiger partial charge in [-0.25, -0.2) is 0 Å². The molecule has 0 saturated carbocycles. The minimum absolute atomic E-state index is 0.0380. The molecule has 0 aromatic carbocycles. The maximum Gasteiger partial charge on any atom is 0.239 e. The summed E-state index contributed by atoms with van der Waals surface area (Å²) in [6, 6.07) is 0.409. The van der Waals surface area contributed by atoms with Gasteiger partial charge in [0, 0.05) is 20.1 Å². The van der Waals surface area contributed by atoms with Gasteiger partial charge in [0.15, 0.2) is 0 Å². The van der Waals surface area contributed by atoms with E-state index in [1.54, 1.807) is 4.90 Å². The number of carbonyl (C=O) groups is 1. The molecule has 1 N–H and O–H groups in total. The highest BCUT2D eigenvalue weighted by molar-refractivity contribution is 5.81. The topological polar surface area (TPSA) is 32.3 Å². The Bertz CT molecular complexity index is 251. The molecule has 114 valence electrons. The Morgan fingerprint density at radius 2 is 1.63 bits per heavy atom. The molecule has 0 bridgehead atoms. The van der Waals surface area contributed by atoms with Gasteiger partial charge in [-0.3, -0.25) is 4.79 Å². The number of rotatable bonds is 9. The molecule has 0 aliphatic rings. The predicted molar refractivity (Wildman–Crippen MR) is 83.2 cm³/mol. The lowest BCUT2D eigenvalue weighted by molar-refractivity contribution is -0.131. The van der Waals surface area contributed by atoms with E-state index in [1.165, 1.54) is 6.42 Å². The minimum Gasteiger partial charge on any atom is -0.347 e. The number of carbonyl (C=O) groups excluding carboxylic acids is 1. The van der Waals surface area contributed by atoms with Gasteiger partial charge in [-0.05, 0) is 31.1 Å². The molecule has 19 heavy (non-hydrogen) atoms. The lowest BCUT2D eigenvalue weighted by atomic mass is 9.95. The first-order valence-corrected chi connectivity index (χ1v) is 7.78. The maximum atomic E-state index is 12.2. The summed E-state index contributed by atoms with van der Waals surface area (Å²) < 4.78 is 0. The van der Waals surface area contributed by atoms with Gasteiger partial charge in [-0.15, -0.1) is 0 Å². The third-order valence-electron chi connectivity index (χ3n) is 3.76. The van der Waals surface area contributed by atoms with Crippen molar-refractivity contribution in [2.45, 2.75) is 72.4 Å². The monoisotopic (exact) mass is 270 g/mol. The molecule has 0 radical (unpaired) electrons. The smallest absolute Gasteiger partial charge is 0.239 e. The fourth-order valence-electron chi connectivity index (χ4n) is 2.31. The molecule has 1 amide bonds. The van der Waals surface area contributed by atoms with E-state index in [4.69, 9.17) is 0 Å². The molecule has 0 spiro atoms. The molecule has 3 unspecified atom stereocenters. The number of hydrogen-bond acceptors (Lipinski definition) is 2. The first-order valence-electron chi connectivity index (χ1n) is 7.78. The number of nitrogens with one attached hydrogen (secondary N) is 1. The molecular weight excluding hydrogens is 236 g/mol. The standard InChI is InChI=1S/C16H34N2O/c1-8-13(5)11-14(9-2)17-15(10-12(3)4)16(19)18(6)7/h12-15,17H,8-11H2,1-7H3. The van der Waals surface area contributed by atoms with Gasteiger partial charge in [-0.2, -0.15) is 0 Å². The van der Waals surface area contributed by atoms with Crippen molar-refractivity contribution in [1.29, 1.82) is 0 Å². The van der Waals surface area contributed by atoms with Gasteiger partial charge < -0.3 is 10.2 Å². The van der Waals surface area contributed by atoms with Crippen molar-refractivity contribution in [3.05, 3.63) is 0 Å². The van der Waals surface area contributed by atoms with E-state index in [-0.39, 0.29) is 11.9 Å². The highest BCUT2D eigenvalue weighted by Gasteiger charge is 2.24. The van der Waals surface area contributed by atoms with Crippen molar-refractivity contribution in [2.75, 3.05) is 14.1 Å². The van der Waals surface area contributed by atoms with E-state index in [1.807, 2.05) is 14.1 Å². The second-order valence-electron chi connectivity index (χ2n) is 6.44. The summed E-state index contributed by atoms with van der Waals surface area (Å²) in [5.41, 5.74) is 0. The molecular formula is C16H34N2O. The highest BCUT2D eigenvalue weighted by Crippen LogP contribution is 2.15. The number of nitrogens with zero attached hydrogens (tertiary/aromatic N) is 1. The zero-order chi connectivity index (χ0) is 15.0. The SMILES string of the molecule is CCC(C)CC(CC)NC(CC(C)C)C(=O)N(C)C. The Morgan fingerprint density at radius 1 is 1.05 bits per heavy atom. The predicted octanol–water partition coefficient (Wildman–Crippen LogP) is 3.29. The van der Waals surface area contributed by atoms with Crippen LogP contribution < -0.4 is 5.32 Å². The summed E-state index contributed by atoms with van der Waals surface area (Å²) in [5, 5.41) is 3.59. The Morgan fingerprint density at radius 3 is 2.00 bits per heavy atom. The van der Waals surface area contributed by atoms with E-state index < -0.39 is 0 Å². The first-order chi connectivity index (χ1) is 8.81. The zero-order valence-electron chi connectivity index (χ0n) is 14.0. The van der Waals surface area contributed by atoms with Crippen LogP contribution in [0.25, 0.3) is 0 Å². The van der Waals surface area contributed by atoms with Crippen molar-refractivity contribution in [2.24, 2.45) is 11.8 Å². The zero-order valence-corrected chi connectivity index (χ0v) is 14.0. The fourth-order valence-corrected chi connectivity index (χ4v) is 2.31. The second-order valence-corrected chi connectivity index (χ2v) is 6.44. The van der Waals surface area contributed by atoms with E-state index in [2.05, 4.69) is 39.9 Å². The maximum absolute atomic E-state index is 12.2. The van der Waals surface area contributed by atoms with Crippen LogP contribution in [0.1, 0.15) is 60.3 Å². The number of likely N-dealkylation sites (N-methyl/N-ethyl adjacent to an activating group) is 1. The molecule has 3 atom stereocenters. The lowest BCUT2D eigenvalue weighted by Crippen LogP contribution is -2.48. The normalized spacial score (nSPS) is 16.2. The van der Waals surface area contributed by atoms with Crippen LogP contribution in [0.2, 0.25) is 0 Å². The molecule has 0 aromatic rings. The average Bonchev–Trinajstić information content (AvgIpc) is 2.34. The molecule has 0 aliphatic carbocycles. The summed E-state index contributed by atoms with van der Waals surface area (Å²) in [4.78, 5) is 14.0. The van der Waals surface area contributed by atoms with Crippen molar-refractivity contribution in [3.63, 3.8) is 0 Å². The molecule has 0 aliphatic heterocycles. The largest absolute Gasteiger partial charge is 0.347 e. The Hall–Kier alpha value is -0.570. The molecule has 3 heteroatoms. The van der Waals surface area contributed by atoms with Crippen molar-refractivity contribution in [3.8, 4) is 0 Å². The van der Waals surface area contributed by atoms with Crippen LogP contribution in [0.3, 0.4) is 0 Å². The summed E-state index contributed by atoms with van der Waals surface area (Å²) >= 11 is 0. The summed E-state index contributed by atoms with van der Waals surface area (Å²) in [6.07, 6.45) is 4.35. The molecule has 0 rings (SSSR count). The second kappa shape index (κ2) is 9.35. The summed E-state index contributed by atoms with van der Waals surface area (Å²) in [5.74, 6) is 1.45. The Labute approximate surface area is 120 Å². The summed E-state index contributed by atoms with van der Waals surface area (Å²) in [7, 11) is 3.68. The van der Waals surface area contributed by atoms with Gasteiger partial charge in [0.2, 0.25) is 5.91 Å². The number of hydrogen-bond donors (Lipinski definition) is 1. The molecule has 0 fully saturated rings. The van der Waals surface area contributed by atoms with Gasteiger partial charge in [0.05, 0.1) is 6.04 Å². The minimum atomic E-state index is -0.0380. The Balaban J connectivity index is 4.62. The molecule has 0 aromatic heterocycles. The van der Waals surface area contributed by atoms with Crippen LogP contribution >= 0.6 is 0 Å². The number of amides is 1. The summed E-state index contributed by atoms with van der Waals surface area (Å²) in [6.45, 7) is 11.1. The van der Waals surface area contributed by atoms with Crippen LogP contribution in [-0.4, -0.2) is 37.0 Å². The quantitative estimate of drug-likeness (QED) is 0.697. The van der Waals surface area contributed by atoms with E-state index >= 15 is 0 Å². The van der Waals surface area contributed by atoms with Crippen LogP contribution in [0, 0.1) is 11.8 Å². The Kier molecular flexibility index (Phi) is 9.07. The fraction of sp³-hybridized carbons (Fsp3) is 0.938. The van der Waals surface area contributed by atoms with Crippen LogP contribution in [-0.2, 0) is 4.79 Å². The van der Waals surface area contributed by atoms with Gasteiger partial charge in [0.25, 0.3) is 0 Å².